The third-order valence-electron chi connectivity index (χ3n) is 2.53. The van der Waals surface area contributed by atoms with Gasteiger partial charge in [0.1, 0.15) is 5.71 Å². The average Bonchev–Trinajstić information content (AvgIpc) is 2.80. The highest BCUT2D eigenvalue weighted by atomic mass is 16.4. The SMILES string of the molecule is CC1CNNC1/C(=N/O)c1ccc[nH]1. The van der Waals surface area contributed by atoms with Gasteiger partial charge in [0.15, 0.2) is 0 Å². The van der Waals surface area contributed by atoms with Crippen molar-refractivity contribution in [2.45, 2.75) is 13.0 Å². The van der Waals surface area contributed by atoms with Crippen molar-refractivity contribution in [2.75, 3.05) is 6.54 Å². The molecule has 0 aromatic carbocycles. The van der Waals surface area contributed by atoms with Gasteiger partial charge in [0.2, 0.25) is 0 Å². The summed E-state index contributed by atoms with van der Waals surface area (Å²) in [6.45, 7) is 2.98. The first kappa shape index (κ1) is 9.23. The normalized spacial score (nSPS) is 28.2. The van der Waals surface area contributed by atoms with Gasteiger partial charge in [0, 0.05) is 12.7 Å². The molecule has 0 amide bonds. The third kappa shape index (κ3) is 1.51. The fraction of sp³-hybridized carbons (Fsp3) is 0.444. The van der Waals surface area contributed by atoms with E-state index in [0.717, 1.165) is 12.2 Å². The minimum atomic E-state index is 0.0543. The number of hydrogen-bond acceptors (Lipinski definition) is 4. The van der Waals surface area contributed by atoms with Crippen LogP contribution >= 0.6 is 0 Å². The first-order chi connectivity index (χ1) is 6.83. The van der Waals surface area contributed by atoms with Crippen LogP contribution in [0.15, 0.2) is 23.5 Å². The van der Waals surface area contributed by atoms with E-state index < -0.39 is 0 Å². The Morgan fingerprint density at radius 1 is 1.64 bits per heavy atom. The molecule has 2 unspecified atom stereocenters. The molecule has 14 heavy (non-hydrogen) atoms. The Kier molecular flexibility index (Phi) is 2.51. The highest BCUT2D eigenvalue weighted by Gasteiger charge is 2.29. The molecule has 1 aliphatic heterocycles. The van der Waals surface area contributed by atoms with Gasteiger partial charge < -0.3 is 10.2 Å². The maximum absolute atomic E-state index is 8.98. The molecular formula is C9H14N4O. The van der Waals surface area contributed by atoms with E-state index in [1.54, 1.807) is 0 Å². The second kappa shape index (κ2) is 3.81. The average molecular weight is 194 g/mol. The van der Waals surface area contributed by atoms with Crippen LogP contribution in [-0.2, 0) is 0 Å². The van der Waals surface area contributed by atoms with Crippen LogP contribution in [0.2, 0.25) is 0 Å². The number of oxime groups is 1. The zero-order chi connectivity index (χ0) is 9.97. The lowest BCUT2D eigenvalue weighted by molar-refractivity contribution is 0.315. The lowest BCUT2D eigenvalue weighted by atomic mass is 9.98. The molecule has 76 valence electrons. The molecule has 0 aliphatic carbocycles. The largest absolute Gasteiger partial charge is 0.411 e. The Hall–Kier alpha value is -1.33. The van der Waals surface area contributed by atoms with Crippen LogP contribution in [-0.4, -0.2) is 28.5 Å². The van der Waals surface area contributed by atoms with E-state index in [0.29, 0.717) is 11.6 Å². The monoisotopic (exact) mass is 194 g/mol. The summed E-state index contributed by atoms with van der Waals surface area (Å²) in [6, 6.07) is 3.83. The molecule has 1 aromatic rings. The molecule has 1 aromatic heterocycles. The van der Waals surface area contributed by atoms with Gasteiger partial charge in [-0.25, -0.2) is 5.43 Å². The van der Waals surface area contributed by atoms with Crippen LogP contribution < -0.4 is 10.9 Å². The van der Waals surface area contributed by atoms with Crippen LogP contribution in [0.4, 0.5) is 0 Å². The first-order valence-corrected chi connectivity index (χ1v) is 4.67. The van der Waals surface area contributed by atoms with Crippen LogP contribution in [0.1, 0.15) is 12.6 Å². The van der Waals surface area contributed by atoms with E-state index in [1.165, 1.54) is 0 Å². The first-order valence-electron chi connectivity index (χ1n) is 4.67. The second-order valence-corrected chi connectivity index (χ2v) is 3.55. The van der Waals surface area contributed by atoms with E-state index in [9.17, 15) is 0 Å². The molecular weight excluding hydrogens is 180 g/mol. The molecule has 5 heteroatoms. The zero-order valence-corrected chi connectivity index (χ0v) is 7.99. The number of aromatic amines is 1. The highest BCUT2D eigenvalue weighted by molar-refractivity contribution is 6.02. The molecule has 0 radical (unpaired) electrons. The summed E-state index contributed by atoms with van der Waals surface area (Å²) in [4.78, 5) is 3.03. The summed E-state index contributed by atoms with van der Waals surface area (Å²) in [5.74, 6) is 0.407. The predicted molar refractivity (Wildman–Crippen MR) is 53.2 cm³/mol. The van der Waals surface area contributed by atoms with Gasteiger partial charge in [-0.2, -0.15) is 0 Å². The quantitative estimate of drug-likeness (QED) is 0.311. The van der Waals surface area contributed by atoms with Crippen molar-refractivity contribution in [1.29, 1.82) is 0 Å². The summed E-state index contributed by atoms with van der Waals surface area (Å²) >= 11 is 0. The molecule has 0 saturated carbocycles. The lowest BCUT2D eigenvalue weighted by Crippen LogP contribution is -2.38. The van der Waals surface area contributed by atoms with Crippen molar-refractivity contribution in [3.05, 3.63) is 24.0 Å². The van der Waals surface area contributed by atoms with Crippen molar-refractivity contribution < 1.29 is 5.21 Å². The van der Waals surface area contributed by atoms with Crippen molar-refractivity contribution in [3.63, 3.8) is 0 Å². The van der Waals surface area contributed by atoms with E-state index >= 15 is 0 Å². The van der Waals surface area contributed by atoms with Gasteiger partial charge in [-0.3, -0.25) is 5.43 Å². The summed E-state index contributed by atoms with van der Waals surface area (Å²) in [6.07, 6.45) is 1.81. The van der Waals surface area contributed by atoms with E-state index in [4.69, 9.17) is 5.21 Å². The predicted octanol–water partition coefficient (Wildman–Crippen LogP) is 0.305. The van der Waals surface area contributed by atoms with Crippen LogP contribution in [0.3, 0.4) is 0 Å². The van der Waals surface area contributed by atoms with Crippen LogP contribution in [0.25, 0.3) is 0 Å². The van der Waals surface area contributed by atoms with E-state index in [1.807, 2.05) is 18.3 Å². The number of nitrogens with zero attached hydrogens (tertiary/aromatic N) is 1. The molecule has 2 heterocycles. The standard InChI is InChI=1S/C9H14N4O/c1-6-5-11-12-8(6)9(13-14)7-3-2-4-10-7/h2-4,6,8,10-12,14H,5H2,1H3/b13-9+. The second-order valence-electron chi connectivity index (χ2n) is 3.55. The summed E-state index contributed by atoms with van der Waals surface area (Å²) in [5, 5.41) is 12.3. The topological polar surface area (TPSA) is 72.4 Å². The Bertz CT molecular complexity index is 320. The van der Waals surface area contributed by atoms with Crippen LogP contribution in [0, 0.1) is 5.92 Å². The van der Waals surface area contributed by atoms with Crippen molar-refractivity contribution >= 4 is 5.71 Å². The zero-order valence-electron chi connectivity index (χ0n) is 7.99. The fourth-order valence-corrected chi connectivity index (χ4v) is 1.70. The number of hydrazine groups is 1. The fourth-order valence-electron chi connectivity index (χ4n) is 1.70. The van der Waals surface area contributed by atoms with Gasteiger partial charge >= 0.3 is 0 Å². The van der Waals surface area contributed by atoms with Crippen molar-refractivity contribution in [1.82, 2.24) is 15.8 Å². The Morgan fingerprint density at radius 2 is 2.50 bits per heavy atom. The minimum Gasteiger partial charge on any atom is -0.411 e. The Balaban J connectivity index is 2.22. The van der Waals surface area contributed by atoms with Gasteiger partial charge in [0.25, 0.3) is 0 Å². The maximum atomic E-state index is 8.98. The van der Waals surface area contributed by atoms with Crippen LogP contribution in [0.5, 0.6) is 0 Å². The summed E-state index contributed by atoms with van der Waals surface area (Å²) in [5.41, 5.74) is 7.62. The highest BCUT2D eigenvalue weighted by Crippen LogP contribution is 2.12. The van der Waals surface area contributed by atoms with Gasteiger partial charge in [-0.15, -0.1) is 0 Å². The maximum Gasteiger partial charge on any atom is 0.121 e. The molecule has 1 fully saturated rings. The van der Waals surface area contributed by atoms with Gasteiger partial charge in [0.05, 0.1) is 11.7 Å². The number of hydrogen-bond donors (Lipinski definition) is 4. The molecule has 4 N–H and O–H groups in total. The van der Waals surface area contributed by atoms with E-state index in [2.05, 4.69) is 27.9 Å². The van der Waals surface area contributed by atoms with Crippen molar-refractivity contribution in [2.24, 2.45) is 11.1 Å². The molecule has 2 atom stereocenters. The smallest absolute Gasteiger partial charge is 0.121 e. The molecule has 0 spiro atoms. The van der Waals surface area contributed by atoms with Gasteiger partial charge in [-0.1, -0.05) is 12.1 Å². The summed E-state index contributed by atoms with van der Waals surface area (Å²) < 4.78 is 0. The molecule has 5 nitrogen and oxygen atoms in total. The molecule has 0 bridgehead atoms. The van der Waals surface area contributed by atoms with E-state index in [-0.39, 0.29) is 6.04 Å². The van der Waals surface area contributed by atoms with Crippen molar-refractivity contribution in [3.8, 4) is 0 Å². The number of aromatic nitrogens is 1. The number of H-pyrrole nitrogens is 1. The van der Waals surface area contributed by atoms with Gasteiger partial charge in [-0.05, 0) is 18.1 Å². The number of nitrogens with one attached hydrogen (secondary N) is 3. The molecule has 1 saturated heterocycles. The lowest BCUT2D eigenvalue weighted by Gasteiger charge is -2.14. The Morgan fingerprint density at radius 3 is 3.00 bits per heavy atom. The third-order valence-corrected chi connectivity index (χ3v) is 2.53. The molecule has 2 rings (SSSR count). The number of rotatable bonds is 2. The Labute approximate surface area is 82.2 Å². The minimum absolute atomic E-state index is 0.0543. The molecule has 1 aliphatic rings. The summed E-state index contributed by atoms with van der Waals surface area (Å²) in [7, 11) is 0.